The minimum Gasteiger partial charge on any atom is -0.441 e. The highest BCUT2D eigenvalue weighted by Gasteiger charge is 2.48. The van der Waals surface area contributed by atoms with Crippen LogP contribution in [0.5, 0.6) is 0 Å². The molecular formula is C21H27ClN2O5S. The van der Waals surface area contributed by atoms with E-state index in [9.17, 15) is 18.0 Å². The lowest BCUT2D eigenvalue weighted by Gasteiger charge is -2.36. The third-order valence-corrected chi connectivity index (χ3v) is 7.98. The van der Waals surface area contributed by atoms with E-state index in [1.165, 1.54) is 24.6 Å². The van der Waals surface area contributed by atoms with Crippen molar-refractivity contribution in [3.05, 3.63) is 28.8 Å². The predicted molar refractivity (Wildman–Crippen MR) is 112 cm³/mol. The number of hydrogen-bond donors (Lipinski definition) is 0. The average molecular weight is 455 g/mol. The van der Waals surface area contributed by atoms with Crippen LogP contribution in [-0.2, 0) is 14.6 Å². The van der Waals surface area contributed by atoms with Gasteiger partial charge < -0.3 is 14.5 Å². The van der Waals surface area contributed by atoms with Gasteiger partial charge in [0.2, 0.25) is 0 Å². The van der Waals surface area contributed by atoms with Crippen LogP contribution in [0.4, 0.5) is 4.79 Å². The fourth-order valence-corrected chi connectivity index (χ4v) is 5.81. The third kappa shape index (κ3) is 4.17. The molecule has 9 heteroatoms. The number of halogens is 1. The molecule has 1 aliphatic carbocycles. The van der Waals surface area contributed by atoms with Crippen molar-refractivity contribution >= 4 is 33.4 Å². The van der Waals surface area contributed by atoms with Crippen molar-refractivity contribution in [2.45, 2.75) is 61.5 Å². The predicted octanol–water partition coefficient (Wildman–Crippen LogP) is 3.50. The van der Waals surface area contributed by atoms with Gasteiger partial charge in [-0.3, -0.25) is 4.79 Å². The first-order valence-electron chi connectivity index (χ1n) is 10.5. The van der Waals surface area contributed by atoms with Crippen molar-refractivity contribution in [3.8, 4) is 0 Å². The van der Waals surface area contributed by atoms with Crippen LogP contribution < -0.4 is 0 Å². The molecule has 4 rings (SSSR count). The van der Waals surface area contributed by atoms with Crippen molar-refractivity contribution < 1.29 is 22.7 Å². The molecule has 3 fully saturated rings. The summed E-state index contributed by atoms with van der Waals surface area (Å²) in [4.78, 5) is 29.1. The summed E-state index contributed by atoms with van der Waals surface area (Å²) < 4.78 is 29.1. The third-order valence-electron chi connectivity index (χ3n) is 6.55. The molecule has 0 atom stereocenters. The Morgan fingerprint density at radius 1 is 1.17 bits per heavy atom. The molecule has 1 aromatic carbocycles. The van der Waals surface area contributed by atoms with E-state index in [1.54, 1.807) is 4.90 Å². The van der Waals surface area contributed by atoms with Crippen LogP contribution in [0.3, 0.4) is 0 Å². The fourth-order valence-electron chi connectivity index (χ4n) is 4.84. The number of carbonyl (C=O) groups is 2. The monoisotopic (exact) mass is 454 g/mol. The molecule has 2 aliphatic heterocycles. The lowest BCUT2D eigenvalue weighted by molar-refractivity contribution is 0.0259. The van der Waals surface area contributed by atoms with Gasteiger partial charge in [0.15, 0.2) is 9.84 Å². The first-order chi connectivity index (χ1) is 14.2. The molecule has 2 heterocycles. The maximum Gasteiger partial charge on any atom is 0.410 e. The Labute approximate surface area is 182 Å². The Bertz CT molecular complexity index is 950. The normalized spacial score (nSPS) is 22.4. The molecule has 0 bridgehead atoms. The molecule has 2 amide bonds. The zero-order valence-corrected chi connectivity index (χ0v) is 18.7. The van der Waals surface area contributed by atoms with E-state index >= 15 is 0 Å². The second-order valence-electron chi connectivity index (χ2n) is 8.68. The van der Waals surface area contributed by atoms with E-state index in [4.69, 9.17) is 16.3 Å². The molecule has 1 saturated carbocycles. The Hall–Kier alpha value is -1.80. The number of ether oxygens (including phenoxy) is 1. The first-order valence-corrected chi connectivity index (χ1v) is 12.7. The van der Waals surface area contributed by atoms with Crippen molar-refractivity contribution in [1.29, 1.82) is 0 Å². The van der Waals surface area contributed by atoms with Crippen LogP contribution in [0.15, 0.2) is 23.1 Å². The Kier molecular flexibility index (Phi) is 5.74. The molecule has 3 aliphatic rings. The zero-order chi connectivity index (χ0) is 21.5. The number of carbonyl (C=O) groups excluding carboxylic acids is 2. The van der Waals surface area contributed by atoms with Crippen LogP contribution in [0.1, 0.15) is 55.3 Å². The smallest absolute Gasteiger partial charge is 0.410 e. The summed E-state index contributed by atoms with van der Waals surface area (Å²) in [5, 5.41) is 0.132. The summed E-state index contributed by atoms with van der Waals surface area (Å²) in [5.74, 6) is -0.216. The molecule has 1 spiro atoms. The van der Waals surface area contributed by atoms with Gasteiger partial charge in [0.05, 0.1) is 22.0 Å². The van der Waals surface area contributed by atoms with Gasteiger partial charge >= 0.3 is 6.09 Å². The molecular weight excluding hydrogens is 428 g/mol. The van der Waals surface area contributed by atoms with Gasteiger partial charge in [-0.25, -0.2) is 13.2 Å². The van der Waals surface area contributed by atoms with E-state index in [0.717, 1.165) is 31.9 Å². The first kappa shape index (κ1) is 21.4. The van der Waals surface area contributed by atoms with E-state index in [0.29, 0.717) is 38.0 Å². The largest absolute Gasteiger partial charge is 0.441 e. The standard InChI is InChI=1S/C21H27ClN2O5S/c1-30(27,28)16-5-6-17(18(22)13-16)19(25)23-11-7-15(8-12-23)24-14-21(29-20(24)26)9-3-2-4-10-21/h5-6,13,15H,2-4,7-12,14H2,1H3. The van der Waals surface area contributed by atoms with Crippen molar-refractivity contribution in [2.75, 3.05) is 25.9 Å². The van der Waals surface area contributed by atoms with Gasteiger partial charge in [0, 0.05) is 25.4 Å². The molecule has 0 unspecified atom stereocenters. The van der Waals surface area contributed by atoms with Crippen LogP contribution in [0.25, 0.3) is 0 Å². The van der Waals surface area contributed by atoms with Crippen molar-refractivity contribution in [2.24, 2.45) is 0 Å². The Balaban J connectivity index is 1.39. The lowest BCUT2D eigenvalue weighted by atomic mass is 9.84. The van der Waals surface area contributed by atoms with E-state index in [1.807, 2.05) is 4.90 Å². The number of hydrogen-bond acceptors (Lipinski definition) is 5. The number of sulfone groups is 1. The second kappa shape index (κ2) is 8.04. The van der Waals surface area contributed by atoms with Crippen molar-refractivity contribution in [3.63, 3.8) is 0 Å². The van der Waals surface area contributed by atoms with Gasteiger partial charge in [-0.15, -0.1) is 0 Å². The lowest BCUT2D eigenvalue weighted by Crippen LogP contribution is -2.48. The Morgan fingerprint density at radius 2 is 1.83 bits per heavy atom. The summed E-state index contributed by atoms with van der Waals surface area (Å²) in [6, 6.07) is 4.27. The maximum absolute atomic E-state index is 12.9. The van der Waals surface area contributed by atoms with Crippen molar-refractivity contribution in [1.82, 2.24) is 9.80 Å². The molecule has 7 nitrogen and oxygen atoms in total. The average Bonchev–Trinajstić information content (AvgIpc) is 3.02. The number of amides is 2. The highest BCUT2D eigenvalue weighted by atomic mass is 35.5. The van der Waals surface area contributed by atoms with Gasteiger partial charge in [-0.1, -0.05) is 18.0 Å². The van der Waals surface area contributed by atoms with E-state index in [-0.39, 0.29) is 33.6 Å². The SMILES string of the molecule is CS(=O)(=O)c1ccc(C(=O)N2CCC(N3CC4(CCCCC4)OC3=O)CC2)c(Cl)c1. The second-order valence-corrected chi connectivity index (χ2v) is 11.1. The molecule has 1 aromatic rings. The van der Waals surface area contributed by atoms with Crippen LogP contribution in [-0.4, -0.2) is 67.8 Å². The molecule has 2 saturated heterocycles. The zero-order valence-electron chi connectivity index (χ0n) is 17.1. The summed E-state index contributed by atoms with van der Waals surface area (Å²) in [6.07, 6.45) is 7.55. The number of nitrogens with zero attached hydrogens (tertiary/aromatic N) is 2. The number of benzene rings is 1. The summed E-state index contributed by atoms with van der Waals surface area (Å²) in [5.41, 5.74) is -0.0128. The van der Waals surface area contributed by atoms with Gasteiger partial charge in [0.1, 0.15) is 5.60 Å². The molecule has 164 valence electrons. The van der Waals surface area contributed by atoms with E-state index in [2.05, 4.69) is 0 Å². The van der Waals surface area contributed by atoms with Gasteiger partial charge in [-0.2, -0.15) is 0 Å². The summed E-state index contributed by atoms with van der Waals surface area (Å²) in [6.45, 7) is 1.69. The van der Waals surface area contributed by atoms with Crippen LogP contribution in [0, 0.1) is 0 Å². The highest BCUT2D eigenvalue weighted by molar-refractivity contribution is 7.90. The highest BCUT2D eigenvalue weighted by Crippen LogP contribution is 2.38. The Morgan fingerprint density at radius 3 is 2.43 bits per heavy atom. The molecule has 0 aromatic heterocycles. The number of likely N-dealkylation sites (tertiary alicyclic amines) is 1. The van der Waals surface area contributed by atoms with Gasteiger partial charge in [-0.05, 0) is 56.7 Å². The van der Waals surface area contributed by atoms with Crippen LogP contribution >= 0.6 is 11.6 Å². The number of piperidine rings is 1. The fraction of sp³-hybridized carbons (Fsp3) is 0.619. The summed E-state index contributed by atoms with van der Waals surface area (Å²) >= 11 is 6.20. The minimum atomic E-state index is -3.39. The van der Waals surface area contributed by atoms with Crippen LogP contribution in [0.2, 0.25) is 5.02 Å². The number of rotatable bonds is 3. The molecule has 0 radical (unpaired) electrons. The van der Waals surface area contributed by atoms with E-state index < -0.39 is 9.84 Å². The maximum atomic E-state index is 12.9. The summed E-state index contributed by atoms with van der Waals surface area (Å²) in [7, 11) is -3.39. The minimum absolute atomic E-state index is 0.0749. The van der Waals surface area contributed by atoms with Gasteiger partial charge in [0.25, 0.3) is 5.91 Å². The topological polar surface area (TPSA) is 84.0 Å². The quantitative estimate of drug-likeness (QED) is 0.697. The molecule has 30 heavy (non-hydrogen) atoms. The molecule has 0 N–H and O–H groups in total.